The van der Waals surface area contributed by atoms with Crippen molar-refractivity contribution in [1.29, 1.82) is 0 Å². The summed E-state index contributed by atoms with van der Waals surface area (Å²) in [7, 11) is 0. The molecule has 0 saturated carbocycles. The second kappa shape index (κ2) is 10.2. The third kappa shape index (κ3) is 3.97. The van der Waals surface area contributed by atoms with Crippen LogP contribution < -0.4 is 0 Å². The molecule has 0 N–H and O–H groups in total. The molecule has 10 aromatic rings. The van der Waals surface area contributed by atoms with Crippen LogP contribution in [0.15, 0.2) is 174 Å². The summed E-state index contributed by atoms with van der Waals surface area (Å²) in [5.41, 5.74) is 1.96. The molecule has 0 aliphatic carbocycles. The molecule has 0 unspecified atom stereocenters. The molecular weight excluding hydrogens is 569 g/mol. The smallest absolute Gasteiger partial charge is 0.136 e. The van der Waals surface area contributed by atoms with Gasteiger partial charge in [-0.1, -0.05) is 145 Å². The summed E-state index contributed by atoms with van der Waals surface area (Å²) < 4.78 is 132. The van der Waals surface area contributed by atoms with E-state index >= 15 is 0 Å². The van der Waals surface area contributed by atoms with E-state index in [1.165, 1.54) is 0 Å². The zero-order chi connectivity index (χ0) is 43.1. The molecule has 0 aliphatic heterocycles. The molecule has 9 aromatic carbocycles. The predicted molar refractivity (Wildman–Crippen MR) is 200 cm³/mol. The lowest BCUT2D eigenvalue weighted by Gasteiger charge is -2.19. The Bertz CT molecular complexity index is 3580. The summed E-state index contributed by atoms with van der Waals surface area (Å²) in [5, 5.41) is 2.04. The highest BCUT2D eigenvalue weighted by Crippen LogP contribution is 2.47. The fourth-order valence-electron chi connectivity index (χ4n) is 6.69. The number of hydrogen-bond donors (Lipinski definition) is 0. The van der Waals surface area contributed by atoms with Gasteiger partial charge in [0.2, 0.25) is 0 Å². The number of rotatable bonds is 3. The number of fused-ring (bicyclic) bond motifs is 7. The molecule has 0 aliphatic rings. The molecule has 1 heteroatoms. The van der Waals surface area contributed by atoms with Crippen LogP contribution in [0.5, 0.6) is 0 Å². The van der Waals surface area contributed by atoms with Gasteiger partial charge in [-0.25, -0.2) is 0 Å². The Balaban J connectivity index is 1.35. The van der Waals surface area contributed by atoms with E-state index in [0.717, 1.165) is 0 Å². The first kappa shape index (κ1) is 15.9. The topological polar surface area (TPSA) is 13.1 Å². The fraction of sp³-hybridized carbons (Fsp3) is 0. The SMILES string of the molecule is [2H]c1c([2H])c([2H])c2c(-c3c4ccccc4c(-c4cc5oc6c([2H])c7c([2H])c([2H])c([2H])c([2H])c7c([2H])c6c5c([2H])c4[2H])c4ccccc34)c([2H])c([2H])c(-c3ccccc3)c2c1[2H]. The largest absolute Gasteiger partial charge is 0.456 e. The van der Waals surface area contributed by atoms with E-state index in [-0.39, 0.29) is 109 Å². The minimum atomic E-state index is -0.564. The van der Waals surface area contributed by atoms with Crippen molar-refractivity contribution in [2.45, 2.75) is 0 Å². The lowest BCUT2D eigenvalue weighted by Crippen LogP contribution is -1.92. The first-order chi connectivity index (χ1) is 29.2. The van der Waals surface area contributed by atoms with Gasteiger partial charge in [0.25, 0.3) is 0 Å². The monoisotopic (exact) mass is 610 g/mol. The van der Waals surface area contributed by atoms with Crippen molar-refractivity contribution >= 4 is 65.0 Å². The van der Waals surface area contributed by atoms with Gasteiger partial charge >= 0.3 is 0 Å². The van der Waals surface area contributed by atoms with Gasteiger partial charge in [-0.15, -0.1) is 0 Å². The Labute approximate surface area is 291 Å². The Hall–Kier alpha value is -6.18. The third-order valence-electron chi connectivity index (χ3n) is 8.72. The maximum absolute atomic E-state index is 9.63. The van der Waals surface area contributed by atoms with E-state index in [4.69, 9.17) is 16.8 Å². The van der Waals surface area contributed by atoms with E-state index in [2.05, 4.69) is 0 Å². The van der Waals surface area contributed by atoms with Crippen molar-refractivity contribution < 1.29 is 23.6 Å². The van der Waals surface area contributed by atoms with E-state index in [0.29, 0.717) is 38.2 Å². The minimum absolute atomic E-state index is 0.0165. The molecule has 1 nitrogen and oxygen atoms in total. The highest BCUT2D eigenvalue weighted by molar-refractivity contribution is 6.24. The van der Waals surface area contributed by atoms with Crippen LogP contribution in [-0.4, -0.2) is 0 Å². The molecular formula is C46H28O. The average molecular weight is 611 g/mol. The Morgan fingerprint density at radius 2 is 0.957 bits per heavy atom. The highest BCUT2D eigenvalue weighted by atomic mass is 16.3. The molecule has 1 heterocycles. The summed E-state index contributed by atoms with van der Waals surface area (Å²) in [4.78, 5) is 0. The van der Waals surface area contributed by atoms with Crippen molar-refractivity contribution in [2.75, 3.05) is 0 Å². The zero-order valence-electron chi connectivity index (χ0n) is 38.5. The second-order valence-electron chi connectivity index (χ2n) is 11.3. The van der Waals surface area contributed by atoms with Crippen LogP contribution in [0.1, 0.15) is 19.2 Å². The van der Waals surface area contributed by atoms with Gasteiger partial charge in [-0.2, -0.15) is 0 Å². The number of hydrogen-bond acceptors (Lipinski definition) is 1. The van der Waals surface area contributed by atoms with Crippen molar-refractivity contribution in [3.8, 4) is 33.4 Å². The molecule has 10 rings (SSSR count). The zero-order valence-corrected chi connectivity index (χ0v) is 24.5. The van der Waals surface area contributed by atoms with Crippen LogP contribution in [0.4, 0.5) is 0 Å². The van der Waals surface area contributed by atoms with Gasteiger partial charge in [-0.3, -0.25) is 0 Å². The molecule has 0 amide bonds. The van der Waals surface area contributed by atoms with Gasteiger partial charge in [0.1, 0.15) is 11.2 Å². The molecule has 218 valence electrons. The first-order valence-corrected chi connectivity index (χ1v) is 15.1. The molecule has 0 atom stereocenters. The van der Waals surface area contributed by atoms with E-state index in [9.17, 15) is 6.85 Å². The van der Waals surface area contributed by atoms with E-state index in [1.807, 2.05) is 12.1 Å². The summed E-state index contributed by atoms with van der Waals surface area (Å²) in [5.74, 6) is 0. The van der Waals surface area contributed by atoms with Crippen LogP contribution in [-0.2, 0) is 0 Å². The molecule has 0 saturated heterocycles. The van der Waals surface area contributed by atoms with Crippen molar-refractivity contribution in [1.82, 2.24) is 0 Å². The summed E-state index contributed by atoms with van der Waals surface area (Å²) in [6.45, 7) is 0. The van der Waals surface area contributed by atoms with Crippen LogP contribution in [0.2, 0.25) is 0 Å². The lowest BCUT2D eigenvalue weighted by atomic mass is 9.83. The minimum Gasteiger partial charge on any atom is -0.456 e. The summed E-state index contributed by atoms with van der Waals surface area (Å²) in [6, 6.07) is 19.2. The van der Waals surface area contributed by atoms with Crippen LogP contribution in [0.25, 0.3) is 98.4 Å². The Kier molecular flexibility index (Phi) is 3.44. The number of furan rings is 1. The molecule has 1 aromatic heterocycles. The molecule has 0 spiro atoms. The number of benzene rings is 9. The summed E-state index contributed by atoms with van der Waals surface area (Å²) >= 11 is 0. The molecule has 47 heavy (non-hydrogen) atoms. The van der Waals surface area contributed by atoms with Crippen LogP contribution in [0, 0.1) is 0 Å². The Morgan fingerprint density at radius 3 is 1.66 bits per heavy atom. The maximum atomic E-state index is 9.63. The first-order valence-electron chi connectivity index (χ1n) is 22.1. The standard InChI is InChI=1S/C46H28O/c1-2-12-29(13-3-1)33-24-25-41(35-17-7-6-16-34(33)35)46-39-20-10-8-18-37(39)45(38-19-9-11-21-40(38)46)32-22-23-36-42-26-30-14-4-5-15-31(30)27-44(42)47-43(36)28-32/h1-28H/i4D,5D,6D,7D,14D,15D,16D,17D,22D,23D,24D,25D,26D,27D. The van der Waals surface area contributed by atoms with Crippen LogP contribution in [0.3, 0.4) is 0 Å². The average Bonchev–Trinajstić information content (AvgIpc) is 3.66. The fourth-order valence-corrected chi connectivity index (χ4v) is 6.69. The lowest BCUT2D eigenvalue weighted by molar-refractivity contribution is 0.669. The van der Waals surface area contributed by atoms with Gasteiger partial charge in [0.15, 0.2) is 0 Å². The van der Waals surface area contributed by atoms with Crippen LogP contribution >= 0.6 is 0 Å². The van der Waals surface area contributed by atoms with Gasteiger partial charge in [-0.05, 0) is 101 Å². The van der Waals surface area contributed by atoms with Crippen molar-refractivity contribution in [3.63, 3.8) is 0 Å². The molecule has 0 radical (unpaired) electrons. The quantitative estimate of drug-likeness (QED) is 0.181. The maximum Gasteiger partial charge on any atom is 0.136 e. The predicted octanol–water partition coefficient (Wildman–Crippen LogP) is 13.2. The summed E-state index contributed by atoms with van der Waals surface area (Å²) in [6.07, 6.45) is 0. The molecule has 0 fully saturated rings. The highest BCUT2D eigenvalue weighted by Gasteiger charge is 2.20. The van der Waals surface area contributed by atoms with Crippen molar-refractivity contribution in [2.24, 2.45) is 0 Å². The molecule has 0 bridgehead atoms. The van der Waals surface area contributed by atoms with Crippen molar-refractivity contribution in [3.05, 3.63) is 170 Å². The van der Waals surface area contributed by atoms with E-state index in [1.54, 1.807) is 72.8 Å². The van der Waals surface area contributed by atoms with Gasteiger partial charge in [0.05, 0.1) is 19.2 Å². The van der Waals surface area contributed by atoms with Gasteiger partial charge < -0.3 is 4.42 Å². The normalized spacial score (nSPS) is 16.0. The third-order valence-corrected chi connectivity index (χ3v) is 8.72. The second-order valence-corrected chi connectivity index (χ2v) is 11.3. The van der Waals surface area contributed by atoms with Gasteiger partial charge in [0, 0.05) is 10.8 Å². The van der Waals surface area contributed by atoms with E-state index < -0.39 is 36.3 Å². The Morgan fingerprint density at radius 1 is 0.383 bits per heavy atom.